The Morgan fingerprint density at radius 2 is 1.84 bits per heavy atom. The van der Waals surface area contributed by atoms with Crippen molar-refractivity contribution in [1.82, 2.24) is 14.7 Å². The third-order valence-corrected chi connectivity index (χ3v) is 6.26. The molecule has 14 heteroatoms. The zero-order valence-corrected chi connectivity index (χ0v) is 19.8. The summed E-state index contributed by atoms with van der Waals surface area (Å²) in [5, 5.41) is 13.5. The molecule has 1 atom stereocenters. The van der Waals surface area contributed by atoms with Crippen LogP contribution in [0.2, 0.25) is 0 Å². The molecule has 0 saturated heterocycles. The summed E-state index contributed by atoms with van der Waals surface area (Å²) < 4.78 is 77.9. The number of carboxylic acids is 1. The van der Waals surface area contributed by atoms with Crippen molar-refractivity contribution in [3.63, 3.8) is 0 Å². The van der Waals surface area contributed by atoms with Crippen molar-refractivity contribution < 1.29 is 46.1 Å². The van der Waals surface area contributed by atoms with Crippen LogP contribution in [0.3, 0.4) is 0 Å². The fourth-order valence-corrected chi connectivity index (χ4v) is 4.56. The van der Waals surface area contributed by atoms with Crippen LogP contribution in [0.5, 0.6) is 11.5 Å². The number of benzene rings is 2. The first-order valence-electron chi connectivity index (χ1n) is 11.1. The number of aliphatic carboxylic acids is 1. The van der Waals surface area contributed by atoms with E-state index in [0.717, 1.165) is 9.58 Å². The van der Waals surface area contributed by atoms with Gasteiger partial charge < -0.3 is 24.4 Å². The van der Waals surface area contributed by atoms with Crippen molar-refractivity contribution in [2.75, 3.05) is 25.5 Å². The molecule has 0 fully saturated rings. The molecule has 9 nitrogen and oxygen atoms in total. The number of nitrogens with zero attached hydrogens (tertiary/aromatic N) is 4. The second-order valence-electron chi connectivity index (χ2n) is 8.92. The molecular formula is C24H19F5N4O5. The number of aromatic nitrogens is 2. The molecule has 0 saturated carbocycles. The SMILES string of the molecule is CN1Cc2c(C(F)(F)F)nn(-c3cccc(C(=O)N(C)c4ccc5c(c4)OC(F)(F)O5)c3)c2C(C(=O)O)C1. The lowest BCUT2D eigenvalue weighted by atomic mass is 9.94. The van der Waals surface area contributed by atoms with E-state index in [1.54, 1.807) is 0 Å². The first kappa shape index (κ1) is 25.4. The number of fused-ring (bicyclic) bond motifs is 2. The van der Waals surface area contributed by atoms with Crippen LogP contribution in [0.25, 0.3) is 5.69 Å². The molecule has 0 bridgehead atoms. The van der Waals surface area contributed by atoms with E-state index in [4.69, 9.17) is 0 Å². The minimum Gasteiger partial charge on any atom is -0.481 e. The third kappa shape index (κ3) is 4.40. The van der Waals surface area contributed by atoms with Gasteiger partial charge in [0, 0.05) is 43.0 Å². The third-order valence-electron chi connectivity index (χ3n) is 6.26. The van der Waals surface area contributed by atoms with Crippen LogP contribution in [0, 0.1) is 0 Å². The van der Waals surface area contributed by atoms with Crippen LogP contribution in [0.15, 0.2) is 42.5 Å². The number of likely N-dealkylation sites (N-methyl/N-ethyl adjacent to an activating group) is 1. The number of carbonyl (C=O) groups is 2. The minimum atomic E-state index is -4.83. The quantitative estimate of drug-likeness (QED) is 0.500. The van der Waals surface area contributed by atoms with E-state index in [1.165, 1.54) is 61.5 Å². The second kappa shape index (κ2) is 8.68. The first-order chi connectivity index (χ1) is 17.7. The van der Waals surface area contributed by atoms with Gasteiger partial charge in [-0.15, -0.1) is 8.78 Å². The zero-order chi connectivity index (χ0) is 27.6. The van der Waals surface area contributed by atoms with Crippen LogP contribution >= 0.6 is 0 Å². The highest BCUT2D eigenvalue weighted by Gasteiger charge is 2.45. The number of halogens is 5. The topological polar surface area (TPSA) is 97.1 Å². The van der Waals surface area contributed by atoms with Crippen LogP contribution < -0.4 is 14.4 Å². The summed E-state index contributed by atoms with van der Waals surface area (Å²) >= 11 is 0. The van der Waals surface area contributed by atoms with Gasteiger partial charge in [-0.25, -0.2) is 4.68 Å². The summed E-state index contributed by atoms with van der Waals surface area (Å²) in [5.41, 5.74) is -1.29. The fraction of sp³-hybridized carbons (Fsp3) is 0.292. The van der Waals surface area contributed by atoms with Crippen molar-refractivity contribution in [3.05, 3.63) is 65.0 Å². The molecular weight excluding hydrogens is 519 g/mol. The predicted molar refractivity (Wildman–Crippen MR) is 121 cm³/mol. The van der Waals surface area contributed by atoms with Gasteiger partial charge in [0.1, 0.15) is 5.92 Å². The van der Waals surface area contributed by atoms with Crippen molar-refractivity contribution in [2.45, 2.75) is 24.9 Å². The Balaban J connectivity index is 1.53. The van der Waals surface area contributed by atoms with Gasteiger partial charge in [-0.05, 0) is 37.4 Å². The van der Waals surface area contributed by atoms with Crippen molar-refractivity contribution in [1.29, 1.82) is 0 Å². The Labute approximate surface area is 211 Å². The van der Waals surface area contributed by atoms with Gasteiger partial charge in [0.25, 0.3) is 5.91 Å². The summed E-state index contributed by atoms with van der Waals surface area (Å²) in [4.78, 5) is 27.8. The maximum atomic E-state index is 13.8. The van der Waals surface area contributed by atoms with Crippen molar-refractivity contribution in [3.8, 4) is 17.2 Å². The Morgan fingerprint density at radius 1 is 1.13 bits per heavy atom. The molecule has 200 valence electrons. The fourth-order valence-electron chi connectivity index (χ4n) is 4.56. The lowest BCUT2D eigenvalue weighted by molar-refractivity contribution is -0.286. The van der Waals surface area contributed by atoms with Crippen molar-refractivity contribution in [2.24, 2.45) is 0 Å². The molecule has 3 heterocycles. The van der Waals surface area contributed by atoms with Crippen molar-refractivity contribution >= 4 is 17.6 Å². The molecule has 2 aliphatic heterocycles. The summed E-state index contributed by atoms with van der Waals surface area (Å²) in [6.45, 7) is -0.186. The number of hydrogen-bond donors (Lipinski definition) is 1. The second-order valence-corrected chi connectivity index (χ2v) is 8.92. The van der Waals surface area contributed by atoms with Crippen LogP contribution in [-0.4, -0.2) is 58.6 Å². The van der Waals surface area contributed by atoms with Gasteiger partial charge in [0.05, 0.1) is 11.4 Å². The Kier molecular flexibility index (Phi) is 5.82. The molecule has 0 aliphatic carbocycles. The standard InChI is InChI=1S/C24H19F5N4O5/c1-31-10-15-19(16(11-31)22(35)36)33(30-20(15)23(25,26)27)14-5-3-4-12(8-14)21(34)32(2)13-6-7-17-18(9-13)38-24(28,29)37-17/h3-9,16H,10-11H2,1-2H3,(H,35,36). The molecule has 1 unspecified atom stereocenters. The van der Waals surface area contributed by atoms with E-state index in [2.05, 4.69) is 14.6 Å². The maximum absolute atomic E-state index is 13.8. The molecule has 5 rings (SSSR count). The number of anilines is 1. The number of ether oxygens (including phenoxy) is 2. The highest BCUT2D eigenvalue weighted by Crippen LogP contribution is 2.43. The summed E-state index contributed by atoms with van der Waals surface area (Å²) in [5.74, 6) is -3.70. The lowest BCUT2D eigenvalue weighted by Crippen LogP contribution is -2.35. The zero-order valence-electron chi connectivity index (χ0n) is 19.8. The molecule has 1 aromatic heterocycles. The number of hydrogen-bond acceptors (Lipinski definition) is 6. The Hall–Kier alpha value is -4.20. The molecule has 0 radical (unpaired) electrons. The highest BCUT2D eigenvalue weighted by atomic mass is 19.4. The smallest absolute Gasteiger partial charge is 0.481 e. The van der Waals surface area contributed by atoms with Gasteiger partial charge in [0.2, 0.25) is 0 Å². The highest BCUT2D eigenvalue weighted by molar-refractivity contribution is 6.06. The molecule has 1 amide bonds. The predicted octanol–water partition coefficient (Wildman–Crippen LogP) is 4.10. The van der Waals surface area contributed by atoms with Gasteiger partial charge in [-0.2, -0.15) is 18.3 Å². The van der Waals surface area contributed by atoms with Gasteiger partial charge >= 0.3 is 18.4 Å². The van der Waals surface area contributed by atoms with Crippen LogP contribution in [0.4, 0.5) is 27.6 Å². The monoisotopic (exact) mass is 538 g/mol. The number of carboxylic acid groups (broad SMARTS) is 1. The lowest BCUT2D eigenvalue weighted by Gasteiger charge is -2.29. The molecule has 0 spiro atoms. The largest absolute Gasteiger partial charge is 0.586 e. The van der Waals surface area contributed by atoms with Crippen LogP contribution in [0.1, 0.15) is 33.2 Å². The summed E-state index contributed by atoms with van der Waals surface area (Å²) in [6.07, 6.45) is -8.67. The number of rotatable bonds is 4. The minimum absolute atomic E-state index is 0.0319. The maximum Gasteiger partial charge on any atom is 0.586 e. The molecule has 3 aromatic rings. The van der Waals surface area contributed by atoms with Gasteiger partial charge in [-0.1, -0.05) is 6.07 Å². The normalized spacial score (nSPS) is 18.2. The molecule has 2 aliphatic rings. The number of alkyl halides is 5. The number of amides is 1. The van der Waals surface area contributed by atoms with E-state index in [9.17, 15) is 36.6 Å². The Morgan fingerprint density at radius 3 is 2.53 bits per heavy atom. The number of carbonyl (C=O) groups excluding carboxylic acids is 1. The molecule has 2 aromatic carbocycles. The average Bonchev–Trinajstić information content (AvgIpc) is 3.38. The summed E-state index contributed by atoms with van der Waals surface area (Å²) in [7, 11) is 2.89. The van der Waals surface area contributed by atoms with Gasteiger partial charge in [-0.3, -0.25) is 9.59 Å². The molecule has 38 heavy (non-hydrogen) atoms. The van der Waals surface area contributed by atoms with E-state index in [0.29, 0.717) is 0 Å². The van der Waals surface area contributed by atoms with Crippen LogP contribution in [-0.2, 0) is 17.5 Å². The van der Waals surface area contributed by atoms with E-state index >= 15 is 0 Å². The van der Waals surface area contributed by atoms with Gasteiger partial charge in [0.15, 0.2) is 17.2 Å². The first-order valence-corrected chi connectivity index (χ1v) is 11.1. The summed E-state index contributed by atoms with van der Waals surface area (Å²) in [6, 6.07) is 9.28. The Bertz CT molecular complexity index is 1450. The van der Waals surface area contributed by atoms with E-state index in [1.807, 2.05) is 0 Å². The average molecular weight is 538 g/mol. The molecule has 1 N–H and O–H groups in total. The van der Waals surface area contributed by atoms with E-state index in [-0.39, 0.29) is 52.8 Å². The van der Waals surface area contributed by atoms with E-state index < -0.39 is 36.0 Å².